The largest absolute Gasteiger partial charge is 0.0619 e. The van der Waals surface area contributed by atoms with Gasteiger partial charge >= 0.3 is 0 Å². The minimum Gasteiger partial charge on any atom is -0.0619 e. The molecule has 146 valence electrons. The van der Waals surface area contributed by atoms with E-state index in [0.717, 1.165) is 0 Å². The minimum atomic E-state index is 0.0249. The second kappa shape index (κ2) is 5.73. The molecule has 2 aliphatic carbocycles. The topological polar surface area (TPSA) is 0 Å². The molecule has 0 bridgehead atoms. The summed E-state index contributed by atoms with van der Waals surface area (Å²) in [6.07, 6.45) is 0. The van der Waals surface area contributed by atoms with E-state index in [2.05, 4.69) is 113 Å². The lowest BCUT2D eigenvalue weighted by atomic mass is 9.80. The van der Waals surface area contributed by atoms with E-state index in [1.807, 2.05) is 0 Å². The van der Waals surface area contributed by atoms with Crippen molar-refractivity contribution in [3.05, 3.63) is 107 Å². The van der Waals surface area contributed by atoms with Crippen LogP contribution in [0.4, 0.5) is 0 Å². The first-order valence-corrected chi connectivity index (χ1v) is 10.9. The fourth-order valence-electron chi connectivity index (χ4n) is 5.96. The van der Waals surface area contributed by atoms with Crippen LogP contribution in [-0.2, 0) is 10.8 Å². The van der Waals surface area contributed by atoms with Gasteiger partial charge < -0.3 is 0 Å². The fraction of sp³-hybridized carbons (Fsp3) is 0.200. The van der Waals surface area contributed by atoms with Gasteiger partial charge in [0.1, 0.15) is 0 Å². The van der Waals surface area contributed by atoms with E-state index in [-0.39, 0.29) is 10.8 Å². The van der Waals surface area contributed by atoms with E-state index >= 15 is 0 Å². The molecule has 4 aromatic carbocycles. The van der Waals surface area contributed by atoms with Crippen molar-refractivity contribution in [3.8, 4) is 33.4 Å². The second-order valence-corrected chi connectivity index (χ2v) is 9.80. The van der Waals surface area contributed by atoms with Gasteiger partial charge in [-0.05, 0) is 55.6 Å². The third kappa shape index (κ3) is 2.07. The van der Waals surface area contributed by atoms with Crippen molar-refractivity contribution in [1.29, 1.82) is 0 Å². The van der Waals surface area contributed by atoms with Crippen LogP contribution in [0.25, 0.3) is 33.4 Å². The lowest BCUT2D eigenvalue weighted by molar-refractivity contribution is 0.660. The lowest BCUT2D eigenvalue weighted by Gasteiger charge is -2.23. The number of fused-ring (bicyclic) bond motifs is 6. The summed E-state index contributed by atoms with van der Waals surface area (Å²) in [6, 6.07) is 31.7. The van der Waals surface area contributed by atoms with Crippen LogP contribution in [0.2, 0.25) is 0 Å². The van der Waals surface area contributed by atoms with Gasteiger partial charge in [0.05, 0.1) is 0 Å². The molecule has 0 N–H and O–H groups in total. The molecule has 0 nitrogen and oxygen atoms in total. The zero-order valence-electron chi connectivity index (χ0n) is 18.1. The van der Waals surface area contributed by atoms with Crippen LogP contribution in [0.1, 0.15) is 49.9 Å². The van der Waals surface area contributed by atoms with Crippen LogP contribution in [-0.4, -0.2) is 0 Å². The molecule has 0 saturated heterocycles. The van der Waals surface area contributed by atoms with Crippen LogP contribution in [0.5, 0.6) is 0 Å². The Labute approximate surface area is 179 Å². The van der Waals surface area contributed by atoms with Crippen LogP contribution < -0.4 is 0 Å². The Morgan fingerprint density at radius 3 is 1.13 bits per heavy atom. The summed E-state index contributed by atoms with van der Waals surface area (Å²) in [4.78, 5) is 0. The highest BCUT2D eigenvalue weighted by atomic mass is 14.4. The van der Waals surface area contributed by atoms with Crippen LogP contribution in [0.15, 0.2) is 84.9 Å². The van der Waals surface area contributed by atoms with Crippen molar-refractivity contribution in [2.24, 2.45) is 0 Å². The molecule has 0 aliphatic heterocycles. The SMILES string of the molecule is CC1(C)c2ccccc2-c2c(-c3cccc4c3-c3ccccc3C4(C)C)cccc21. The van der Waals surface area contributed by atoms with E-state index < -0.39 is 0 Å². The highest BCUT2D eigenvalue weighted by Gasteiger charge is 2.39. The van der Waals surface area contributed by atoms with E-state index in [9.17, 15) is 0 Å². The molecule has 0 spiro atoms. The molecular formula is C30H26. The van der Waals surface area contributed by atoms with Gasteiger partial charge in [-0.15, -0.1) is 0 Å². The summed E-state index contributed by atoms with van der Waals surface area (Å²) in [6.45, 7) is 9.43. The Kier molecular flexibility index (Phi) is 3.38. The van der Waals surface area contributed by atoms with Crippen molar-refractivity contribution in [3.63, 3.8) is 0 Å². The highest BCUT2D eigenvalue weighted by molar-refractivity contribution is 5.99. The Bertz CT molecular complexity index is 1230. The molecule has 4 aromatic rings. The van der Waals surface area contributed by atoms with Crippen molar-refractivity contribution in [1.82, 2.24) is 0 Å². The van der Waals surface area contributed by atoms with Crippen molar-refractivity contribution in [2.45, 2.75) is 38.5 Å². The van der Waals surface area contributed by atoms with Gasteiger partial charge in [-0.2, -0.15) is 0 Å². The number of benzene rings is 4. The molecule has 0 heterocycles. The maximum absolute atomic E-state index is 2.36. The summed E-state index contributed by atoms with van der Waals surface area (Å²) < 4.78 is 0. The molecular weight excluding hydrogens is 360 g/mol. The molecule has 0 aromatic heterocycles. The third-order valence-corrected chi connectivity index (χ3v) is 7.51. The standard InChI is InChI=1S/C30H26/c1-29(2)23-15-7-5-11-21(23)27-19(13-9-17-25(27)29)20-14-10-18-26-28(20)22-12-6-8-16-24(22)30(26,3)4/h5-18H,1-4H3. The Balaban J connectivity index is 1.71. The Hall–Kier alpha value is -3.12. The van der Waals surface area contributed by atoms with Crippen LogP contribution in [0, 0.1) is 0 Å². The molecule has 0 unspecified atom stereocenters. The van der Waals surface area contributed by atoms with Crippen molar-refractivity contribution in [2.75, 3.05) is 0 Å². The molecule has 2 aliphatic rings. The van der Waals surface area contributed by atoms with E-state index in [4.69, 9.17) is 0 Å². The van der Waals surface area contributed by atoms with Gasteiger partial charge in [-0.25, -0.2) is 0 Å². The lowest BCUT2D eigenvalue weighted by Crippen LogP contribution is -2.15. The van der Waals surface area contributed by atoms with Crippen LogP contribution >= 0.6 is 0 Å². The predicted molar refractivity (Wildman–Crippen MR) is 127 cm³/mol. The predicted octanol–water partition coefficient (Wildman–Crippen LogP) is 7.97. The summed E-state index contributed by atoms with van der Waals surface area (Å²) >= 11 is 0. The summed E-state index contributed by atoms with van der Waals surface area (Å²) in [5.74, 6) is 0. The molecule has 0 atom stereocenters. The van der Waals surface area contributed by atoms with Gasteiger partial charge in [-0.3, -0.25) is 0 Å². The molecule has 0 heteroatoms. The van der Waals surface area contributed by atoms with E-state index in [1.165, 1.54) is 55.6 Å². The smallest absolute Gasteiger partial charge is 0.0159 e. The first kappa shape index (κ1) is 17.7. The number of hydrogen-bond donors (Lipinski definition) is 0. The second-order valence-electron chi connectivity index (χ2n) is 9.80. The first-order chi connectivity index (χ1) is 14.4. The molecule has 30 heavy (non-hydrogen) atoms. The van der Waals surface area contributed by atoms with Crippen molar-refractivity contribution >= 4 is 0 Å². The zero-order valence-corrected chi connectivity index (χ0v) is 18.1. The summed E-state index contributed by atoms with van der Waals surface area (Å²) in [5.41, 5.74) is 14.1. The fourth-order valence-corrected chi connectivity index (χ4v) is 5.96. The molecule has 0 saturated carbocycles. The van der Waals surface area contributed by atoms with Gasteiger partial charge in [0, 0.05) is 10.8 Å². The van der Waals surface area contributed by atoms with Gasteiger partial charge in [0.25, 0.3) is 0 Å². The Morgan fingerprint density at radius 1 is 0.367 bits per heavy atom. The highest BCUT2D eigenvalue weighted by Crippen LogP contribution is 2.56. The minimum absolute atomic E-state index is 0.0249. The number of rotatable bonds is 1. The summed E-state index contributed by atoms with van der Waals surface area (Å²) in [5, 5.41) is 0. The average molecular weight is 387 g/mol. The molecule has 0 radical (unpaired) electrons. The quantitative estimate of drug-likeness (QED) is 0.311. The van der Waals surface area contributed by atoms with Gasteiger partial charge in [0.2, 0.25) is 0 Å². The van der Waals surface area contributed by atoms with E-state index in [1.54, 1.807) is 0 Å². The average Bonchev–Trinajstić information content (AvgIpc) is 3.15. The molecule has 0 fully saturated rings. The van der Waals surface area contributed by atoms with Gasteiger partial charge in [0.15, 0.2) is 0 Å². The zero-order chi connectivity index (χ0) is 20.7. The van der Waals surface area contributed by atoms with Crippen molar-refractivity contribution < 1.29 is 0 Å². The third-order valence-electron chi connectivity index (χ3n) is 7.51. The first-order valence-electron chi connectivity index (χ1n) is 10.9. The normalized spacial score (nSPS) is 16.5. The molecule has 0 amide bonds. The maximum atomic E-state index is 2.36. The summed E-state index contributed by atoms with van der Waals surface area (Å²) in [7, 11) is 0. The molecule has 6 rings (SSSR count). The maximum Gasteiger partial charge on any atom is 0.0159 e. The van der Waals surface area contributed by atoms with Gasteiger partial charge in [-0.1, -0.05) is 113 Å². The van der Waals surface area contributed by atoms with E-state index in [0.29, 0.717) is 0 Å². The number of hydrogen-bond acceptors (Lipinski definition) is 0. The van der Waals surface area contributed by atoms with Crippen LogP contribution in [0.3, 0.4) is 0 Å². The monoisotopic (exact) mass is 386 g/mol. The Morgan fingerprint density at radius 2 is 0.700 bits per heavy atom.